The molecule has 0 spiro atoms. The van der Waals surface area contributed by atoms with Crippen LogP contribution >= 0.6 is 0 Å². The smallest absolute Gasteiger partial charge is 0.241 e. The maximum atomic E-state index is 12.1. The normalized spacial score (nSPS) is 13.4. The molecule has 0 saturated carbocycles. The van der Waals surface area contributed by atoms with Crippen LogP contribution in [0.4, 0.5) is 0 Å². The number of hydrogen-bond donors (Lipinski definition) is 1. The van der Waals surface area contributed by atoms with Gasteiger partial charge in [-0.25, -0.2) is 13.6 Å². The van der Waals surface area contributed by atoms with E-state index in [-0.39, 0.29) is 23.3 Å². The summed E-state index contributed by atoms with van der Waals surface area (Å²) in [4.78, 5) is 13.8. The number of nitrogens with two attached hydrogens (primary N) is 1. The highest BCUT2D eigenvalue weighted by Crippen LogP contribution is 2.11. The Labute approximate surface area is 126 Å². The molecular weight excluding hydrogens is 292 g/mol. The van der Waals surface area contributed by atoms with Crippen molar-refractivity contribution in [3.63, 3.8) is 0 Å². The van der Waals surface area contributed by atoms with E-state index in [1.165, 1.54) is 17.1 Å². The first-order chi connectivity index (χ1) is 9.61. The maximum Gasteiger partial charge on any atom is 0.241 e. The number of carbonyl (C=O) groups is 1. The first kappa shape index (κ1) is 17.6. The highest BCUT2D eigenvalue weighted by Gasteiger charge is 2.17. The number of sulfonamides is 1. The predicted octanol–water partition coefficient (Wildman–Crippen LogP) is 0.814. The summed E-state index contributed by atoms with van der Waals surface area (Å²) in [6, 6.07) is 0.176. The minimum absolute atomic E-state index is 0.0100. The Morgan fingerprint density at radius 3 is 2.52 bits per heavy atom. The minimum atomic E-state index is -3.74. The van der Waals surface area contributed by atoms with Gasteiger partial charge in [-0.2, -0.15) is 5.10 Å². The Kier molecular flexibility index (Phi) is 5.91. The number of carbonyl (C=O) groups excluding carboxylic acids is 1. The molecular formula is C13H24N4O3S. The van der Waals surface area contributed by atoms with Gasteiger partial charge in [0.15, 0.2) is 0 Å². The van der Waals surface area contributed by atoms with Gasteiger partial charge in [-0.1, -0.05) is 13.8 Å². The summed E-state index contributed by atoms with van der Waals surface area (Å²) in [5.74, 6) is 0.537. The first-order valence-electron chi connectivity index (χ1n) is 6.92. The quantitative estimate of drug-likeness (QED) is 0.805. The van der Waals surface area contributed by atoms with Crippen molar-refractivity contribution in [2.45, 2.75) is 51.1 Å². The number of hydrogen-bond acceptors (Lipinski definition) is 4. The van der Waals surface area contributed by atoms with Crippen molar-refractivity contribution in [2.75, 3.05) is 7.05 Å². The van der Waals surface area contributed by atoms with E-state index in [1.54, 1.807) is 11.9 Å². The minimum Gasteiger partial charge on any atom is -0.343 e. The third kappa shape index (κ3) is 5.47. The molecule has 1 atom stereocenters. The van der Waals surface area contributed by atoms with Gasteiger partial charge < -0.3 is 4.90 Å². The van der Waals surface area contributed by atoms with Crippen molar-refractivity contribution in [3.05, 3.63) is 12.4 Å². The Balaban J connectivity index is 2.55. The van der Waals surface area contributed by atoms with Crippen molar-refractivity contribution >= 4 is 15.9 Å². The number of primary sulfonamides is 1. The molecule has 7 nitrogen and oxygen atoms in total. The Bertz CT molecular complexity index is 580. The van der Waals surface area contributed by atoms with Crippen LogP contribution in [0.5, 0.6) is 0 Å². The van der Waals surface area contributed by atoms with E-state index >= 15 is 0 Å². The fourth-order valence-electron chi connectivity index (χ4n) is 2.09. The van der Waals surface area contributed by atoms with E-state index in [0.29, 0.717) is 12.5 Å². The second kappa shape index (κ2) is 7.04. The van der Waals surface area contributed by atoms with Crippen LogP contribution in [-0.4, -0.2) is 42.1 Å². The second-order valence-electron chi connectivity index (χ2n) is 5.72. The highest BCUT2D eigenvalue weighted by atomic mass is 32.2. The molecule has 0 aliphatic heterocycles. The van der Waals surface area contributed by atoms with Gasteiger partial charge in [-0.3, -0.25) is 9.48 Å². The van der Waals surface area contributed by atoms with E-state index in [4.69, 9.17) is 5.14 Å². The number of aromatic nitrogens is 2. The van der Waals surface area contributed by atoms with Gasteiger partial charge in [0.25, 0.3) is 0 Å². The van der Waals surface area contributed by atoms with Crippen LogP contribution in [0.1, 0.15) is 33.6 Å². The molecule has 1 rings (SSSR count). The summed E-state index contributed by atoms with van der Waals surface area (Å²) >= 11 is 0. The summed E-state index contributed by atoms with van der Waals surface area (Å²) in [7, 11) is -1.96. The van der Waals surface area contributed by atoms with Crippen LogP contribution in [0.25, 0.3) is 0 Å². The maximum absolute atomic E-state index is 12.1. The summed E-state index contributed by atoms with van der Waals surface area (Å²) in [5.41, 5.74) is 0. The zero-order chi connectivity index (χ0) is 16.2. The molecule has 1 heterocycles. The molecule has 0 radical (unpaired) electrons. The fraction of sp³-hybridized carbons (Fsp3) is 0.692. The van der Waals surface area contributed by atoms with Gasteiger partial charge in [-0.15, -0.1) is 0 Å². The van der Waals surface area contributed by atoms with Gasteiger partial charge in [-0.05, 0) is 19.3 Å². The Morgan fingerprint density at radius 1 is 1.43 bits per heavy atom. The van der Waals surface area contributed by atoms with Crippen molar-refractivity contribution in [1.29, 1.82) is 0 Å². The van der Waals surface area contributed by atoms with E-state index in [1.807, 2.05) is 6.92 Å². The lowest BCUT2D eigenvalue weighted by Crippen LogP contribution is -2.36. The molecule has 8 heteroatoms. The molecule has 0 aromatic carbocycles. The summed E-state index contributed by atoms with van der Waals surface area (Å²) in [6.07, 6.45) is 3.73. The molecule has 21 heavy (non-hydrogen) atoms. The van der Waals surface area contributed by atoms with Gasteiger partial charge in [0.1, 0.15) is 4.90 Å². The van der Waals surface area contributed by atoms with Gasteiger partial charge in [0.2, 0.25) is 15.9 Å². The van der Waals surface area contributed by atoms with Crippen LogP contribution < -0.4 is 5.14 Å². The lowest BCUT2D eigenvalue weighted by Gasteiger charge is -2.26. The molecule has 0 fully saturated rings. The zero-order valence-electron chi connectivity index (χ0n) is 13.0. The van der Waals surface area contributed by atoms with E-state index in [0.717, 1.165) is 6.42 Å². The van der Waals surface area contributed by atoms with Crippen LogP contribution in [0.15, 0.2) is 17.3 Å². The first-order valence-corrected chi connectivity index (χ1v) is 8.46. The standard InChI is InChI=1S/C13H24N4O3S/c1-10(2)7-11(3)16(4)13(18)5-6-17-9-12(8-15-17)21(14,19)20/h8-11H,5-7H2,1-4H3,(H2,14,19,20). The number of amides is 1. The lowest BCUT2D eigenvalue weighted by atomic mass is 10.0. The monoisotopic (exact) mass is 316 g/mol. The summed E-state index contributed by atoms with van der Waals surface area (Å²) in [6.45, 7) is 6.58. The fourth-order valence-corrected chi connectivity index (χ4v) is 2.55. The van der Waals surface area contributed by atoms with E-state index in [9.17, 15) is 13.2 Å². The molecule has 1 aromatic heterocycles. The number of aryl methyl sites for hydroxylation is 1. The largest absolute Gasteiger partial charge is 0.343 e. The number of rotatable bonds is 7. The molecule has 1 unspecified atom stereocenters. The van der Waals surface area contributed by atoms with Crippen molar-refractivity contribution in [2.24, 2.45) is 11.1 Å². The molecule has 120 valence electrons. The van der Waals surface area contributed by atoms with Gasteiger partial charge in [0, 0.05) is 32.3 Å². The lowest BCUT2D eigenvalue weighted by molar-refractivity contribution is -0.132. The van der Waals surface area contributed by atoms with Gasteiger partial charge >= 0.3 is 0 Å². The zero-order valence-corrected chi connectivity index (χ0v) is 13.8. The Hall–Kier alpha value is -1.41. The molecule has 2 N–H and O–H groups in total. The second-order valence-corrected chi connectivity index (χ2v) is 7.28. The summed E-state index contributed by atoms with van der Waals surface area (Å²) in [5, 5.41) is 8.90. The summed E-state index contributed by atoms with van der Waals surface area (Å²) < 4.78 is 23.7. The van der Waals surface area contributed by atoms with E-state index in [2.05, 4.69) is 18.9 Å². The molecule has 0 aliphatic carbocycles. The van der Waals surface area contributed by atoms with Crippen molar-refractivity contribution in [3.8, 4) is 0 Å². The molecule has 1 amide bonds. The van der Waals surface area contributed by atoms with Crippen molar-refractivity contribution < 1.29 is 13.2 Å². The SMILES string of the molecule is CC(C)CC(C)N(C)C(=O)CCn1cc(S(N)(=O)=O)cn1. The van der Waals surface area contributed by atoms with E-state index < -0.39 is 10.0 Å². The van der Waals surface area contributed by atoms with Crippen LogP contribution in [-0.2, 0) is 21.4 Å². The molecule has 0 saturated heterocycles. The molecule has 0 aliphatic rings. The van der Waals surface area contributed by atoms with Crippen LogP contribution in [0.2, 0.25) is 0 Å². The molecule has 1 aromatic rings. The predicted molar refractivity (Wildman–Crippen MR) is 79.9 cm³/mol. The Morgan fingerprint density at radius 2 is 2.05 bits per heavy atom. The average Bonchev–Trinajstić information content (AvgIpc) is 2.82. The third-order valence-electron chi connectivity index (χ3n) is 3.36. The van der Waals surface area contributed by atoms with Crippen molar-refractivity contribution in [1.82, 2.24) is 14.7 Å². The van der Waals surface area contributed by atoms with Crippen LogP contribution in [0.3, 0.4) is 0 Å². The van der Waals surface area contributed by atoms with Crippen LogP contribution in [0, 0.1) is 5.92 Å². The number of nitrogens with zero attached hydrogens (tertiary/aromatic N) is 3. The highest BCUT2D eigenvalue weighted by molar-refractivity contribution is 7.89. The molecule has 0 bridgehead atoms. The average molecular weight is 316 g/mol. The van der Waals surface area contributed by atoms with Gasteiger partial charge in [0.05, 0.1) is 6.20 Å². The topological polar surface area (TPSA) is 98.3 Å². The third-order valence-corrected chi connectivity index (χ3v) is 4.23.